The van der Waals surface area contributed by atoms with E-state index in [4.69, 9.17) is 10.5 Å². The van der Waals surface area contributed by atoms with Gasteiger partial charge in [0.1, 0.15) is 17.7 Å². The molecule has 1 fully saturated rings. The fraction of sp³-hybridized carbons (Fsp3) is 0.400. The van der Waals surface area contributed by atoms with Gasteiger partial charge in [0.2, 0.25) is 0 Å². The summed E-state index contributed by atoms with van der Waals surface area (Å²) in [6, 6.07) is 12.6. The van der Waals surface area contributed by atoms with Gasteiger partial charge in [-0.3, -0.25) is 0 Å². The van der Waals surface area contributed by atoms with Crippen LogP contribution in [-0.2, 0) is 4.74 Å². The summed E-state index contributed by atoms with van der Waals surface area (Å²) in [5.41, 5.74) is 7.36. The highest BCUT2D eigenvalue weighted by atomic mass is 19.1. The van der Waals surface area contributed by atoms with E-state index in [1.165, 1.54) is 24.3 Å². The van der Waals surface area contributed by atoms with Gasteiger partial charge in [0.05, 0.1) is 6.10 Å². The minimum Gasteiger partial charge on any atom is -0.365 e. The molecule has 2 aromatic rings. The topological polar surface area (TPSA) is 38.5 Å². The van der Waals surface area contributed by atoms with Crippen LogP contribution in [0.5, 0.6) is 0 Å². The molecular weight excluding hydrogens is 322 g/mol. The van der Waals surface area contributed by atoms with Gasteiger partial charge >= 0.3 is 0 Å². The van der Waals surface area contributed by atoms with Crippen molar-refractivity contribution in [2.45, 2.75) is 25.0 Å². The van der Waals surface area contributed by atoms with Gasteiger partial charge < -0.3 is 15.4 Å². The van der Waals surface area contributed by atoms with Gasteiger partial charge in [-0.15, -0.1) is 0 Å². The van der Waals surface area contributed by atoms with Crippen LogP contribution in [0.4, 0.5) is 8.78 Å². The Hall–Kier alpha value is -1.82. The summed E-state index contributed by atoms with van der Waals surface area (Å²) in [4.78, 5) is 2.34. The monoisotopic (exact) mass is 346 g/mol. The number of halogens is 2. The lowest BCUT2D eigenvalue weighted by Gasteiger charge is -2.34. The van der Waals surface area contributed by atoms with Crippen molar-refractivity contribution in [2.75, 3.05) is 26.2 Å². The molecule has 0 radical (unpaired) electrons. The highest BCUT2D eigenvalue weighted by Crippen LogP contribution is 2.30. The summed E-state index contributed by atoms with van der Waals surface area (Å²) in [7, 11) is 0. The molecule has 0 unspecified atom stereocenters. The molecule has 2 aromatic carbocycles. The lowest BCUT2D eigenvalue weighted by atomic mass is 10.00. The van der Waals surface area contributed by atoms with E-state index >= 15 is 0 Å². The Bertz CT molecular complexity index is 607. The number of piperidine rings is 1. The number of nitrogens with zero attached hydrogens (tertiary/aromatic N) is 1. The maximum atomic E-state index is 13.3. The lowest BCUT2D eigenvalue weighted by molar-refractivity contribution is -0.0265. The molecule has 0 atom stereocenters. The predicted molar refractivity (Wildman–Crippen MR) is 94.2 cm³/mol. The first-order chi connectivity index (χ1) is 12.2. The van der Waals surface area contributed by atoms with Gasteiger partial charge in [-0.2, -0.15) is 0 Å². The highest BCUT2D eigenvalue weighted by Gasteiger charge is 2.24. The van der Waals surface area contributed by atoms with E-state index in [9.17, 15) is 8.78 Å². The second-order valence-electron chi connectivity index (χ2n) is 6.45. The number of hydrogen-bond donors (Lipinski definition) is 1. The van der Waals surface area contributed by atoms with Crippen LogP contribution in [-0.4, -0.2) is 37.2 Å². The van der Waals surface area contributed by atoms with E-state index in [0.717, 1.165) is 43.6 Å². The molecule has 1 aliphatic rings. The quantitative estimate of drug-likeness (QED) is 0.870. The molecule has 0 aliphatic carbocycles. The summed E-state index contributed by atoms with van der Waals surface area (Å²) in [5.74, 6) is -0.562. The van der Waals surface area contributed by atoms with Crippen molar-refractivity contribution in [1.29, 1.82) is 0 Å². The average molecular weight is 346 g/mol. The van der Waals surface area contributed by atoms with E-state index in [2.05, 4.69) is 4.90 Å². The molecule has 0 saturated carbocycles. The third kappa shape index (κ3) is 4.84. The van der Waals surface area contributed by atoms with Gasteiger partial charge in [0.15, 0.2) is 0 Å². The molecule has 3 nitrogen and oxygen atoms in total. The second kappa shape index (κ2) is 8.52. The first-order valence-corrected chi connectivity index (χ1v) is 8.74. The molecule has 134 valence electrons. The molecule has 0 bridgehead atoms. The number of likely N-dealkylation sites (tertiary alicyclic amines) is 1. The summed E-state index contributed by atoms with van der Waals surface area (Å²) in [5, 5.41) is 0. The Morgan fingerprint density at radius 1 is 0.920 bits per heavy atom. The number of hydrogen-bond acceptors (Lipinski definition) is 3. The van der Waals surface area contributed by atoms with Crippen molar-refractivity contribution in [2.24, 2.45) is 5.73 Å². The maximum absolute atomic E-state index is 13.3. The van der Waals surface area contributed by atoms with E-state index in [0.29, 0.717) is 6.54 Å². The highest BCUT2D eigenvalue weighted by molar-refractivity contribution is 5.30. The van der Waals surface area contributed by atoms with Gasteiger partial charge in [-0.1, -0.05) is 24.3 Å². The Morgan fingerprint density at radius 3 is 1.84 bits per heavy atom. The zero-order valence-electron chi connectivity index (χ0n) is 14.2. The van der Waals surface area contributed by atoms with Crippen LogP contribution < -0.4 is 5.73 Å². The van der Waals surface area contributed by atoms with Gasteiger partial charge in [-0.25, -0.2) is 8.78 Å². The van der Waals surface area contributed by atoms with Crippen molar-refractivity contribution < 1.29 is 13.5 Å². The molecule has 1 saturated heterocycles. The first kappa shape index (κ1) is 18.0. The summed E-state index contributed by atoms with van der Waals surface area (Å²) in [6.07, 6.45) is 1.65. The van der Waals surface area contributed by atoms with Crippen LogP contribution in [0.15, 0.2) is 48.5 Å². The Labute approximate surface area is 147 Å². The van der Waals surface area contributed by atoms with Crippen LogP contribution in [0.25, 0.3) is 0 Å². The number of benzene rings is 2. The van der Waals surface area contributed by atoms with Gasteiger partial charge in [0, 0.05) is 26.2 Å². The van der Waals surface area contributed by atoms with E-state index in [-0.39, 0.29) is 23.8 Å². The Balaban J connectivity index is 1.75. The molecule has 1 heterocycles. The van der Waals surface area contributed by atoms with E-state index < -0.39 is 0 Å². The molecular formula is C20H24F2N2O. The van der Waals surface area contributed by atoms with Crippen LogP contribution >= 0.6 is 0 Å². The van der Waals surface area contributed by atoms with Crippen LogP contribution in [0.3, 0.4) is 0 Å². The van der Waals surface area contributed by atoms with Crippen molar-refractivity contribution in [1.82, 2.24) is 4.90 Å². The molecule has 5 heteroatoms. The van der Waals surface area contributed by atoms with E-state index in [1.807, 2.05) is 0 Å². The zero-order chi connectivity index (χ0) is 17.6. The second-order valence-corrected chi connectivity index (χ2v) is 6.45. The minimum absolute atomic E-state index is 0.120. The van der Waals surface area contributed by atoms with Crippen molar-refractivity contribution >= 4 is 0 Å². The van der Waals surface area contributed by atoms with Crippen molar-refractivity contribution in [3.8, 4) is 0 Å². The predicted octanol–water partition coefficient (Wildman–Crippen LogP) is 3.49. The van der Waals surface area contributed by atoms with Crippen LogP contribution in [0.1, 0.15) is 30.1 Å². The third-order valence-corrected chi connectivity index (χ3v) is 4.65. The standard InChI is InChI=1S/C20H24F2N2O/c21-17-5-1-15(2-6-17)20(16-3-7-18(22)8-4-16)25-19-9-12-24(13-10-19)14-11-23/h1-8,19-20H,9-14,23H2. The number of rotatable bonds is 6. The van der Waals surface area contributed by atoms with Gasteiger partial charge in [0.25, 0.3) is 0 Å². The van der Waals surface area contributed by atoms with Crippen molar-refractivity contribution in [3.63, 3.8) is 0 Å². The fourth-order valence-corrected chi connectivity index (χ4v) is 3.27. The molecule has 3 rings (SSSR count). The molecule has 1 aliphatic heterocycles. The van der Waals surface area contributed by atoms with Crippen molar-refractivity contribution in [3.05, 3.63) is 71.3 Å². The fourth-order valence-electron chi connectivity index (χ4n) is 3.27. The largest absolute Gasteiger partial charge is 0.365 e. The van der Waals surface area contributed by atoms with Gasteiger partial charge in [-0.05, 0) is 48.2 Å². The normalized spacial score (nSPS) is 16.5. The maximum Gasteiger partial charge on any atom is 0.123 e. The number of nitrogens with two attached hydrogens (primary N) is 1. The summed E-state index contributed by atoms with van der Waals surface area (Å²) >= 11 is 0. The Kier molecular flexibility index (Phi) is 6.13. The summed E-state index contributed by atoms with van der Waals surface area (Å²) in [6.45, 7) is 3.49. The molecule has 0 amide bonds. The van der Waals surface area contributed by atoms with Crippen LogP contribution in [0, 0.1) is 11.6 Å². The lowest BCUT2D eigenvalue weighted by Crippen LogP contribution is -2.40. The van der Waals surface area contributed by atoms with E-state index in [1.54, 1.807) is 24.3 Å². The smallest absolute Gasteiger partial charge is 0.123 e. The Morgan fingerprint density at radius 2 is 1.40 bits per heavy atom. The molecule has 25 heavy (non-hydrogen) atoms. The summed E-state index contributed by atoms with van der Waals surface area (Å²) < 4.78 is 32.9. The molecule has 0 aromatic heterocycles. The first-order valence-electron chi connectivity index (χ1n) is 8.74. The van der Waals surface area contributed by atoms with Crippen LogP contribution in [0.2, 0.25) is 0 Å². The zero-order valence-corrected chi connectivity index (χ0v) is 14.2. The SMILES string of the molecule is NCCN1CCC(OC(c2ccc(F)cc2)c2ccc(F)cc2)CC1. The number of ether oxygens (including phenoxy) is 1. The minimum atomic E-state index is -0.327. The average Bonchev–Trinajstić information content (AvgIpc) is 2.63. The third-order valence-electron chi connectivity index (χ3n) is 4.65. The molecule has 0 spiro atoms. The molecule has 2 N–H and O–H groups in total.